The highest BCUT2D eigenvalue weighted by Crippen LogP contribution is 2.36. The van der Waals surface area contributed by atoms with Crippen molar-refractivity contribution in [3.63, 3.8) is 0 Å². The van der Waals surface area contributed by atoms with Gasteiger partial charge < -0.3 is 9.47 Å². The molecule has 1 saturated heterocycles. The summed E-state index contributed by atoms with van der Waals surface area (Å²) in [5.74, 6) is -0.462. The van der Waals surface area contributed by atoms with Gasteiger partial charge in [-0.25, -0.2) is 8.78 Å². The van der Waals surface area contributed by atoms with E-state index in [-0.39, 0.29) is 22.5 Å². The van der Waals surface area contributed by atoms with Crippen LogP contribution in [0.2, 0.25) is 0 Å². The second kappa shape index (κ2) is 11.7. The van der Waals surface area contributed by atoms with E-state index in [1.165, 1.54) is 43.9 Å². The Balaban J connectivity index is 1.44. The molecule has 4 nitrogen and oxygen atoms in total. The SMILES string of the molecule is COc1ccc2c(C(=O)c3ccc(OCCN4CCCCCC4)cc3)c(-c3c(F)cccc3F)ccc2c1. The summed E-state index contributed by atoms with van der Waals surface area (Å²) in [6, 6.07) is 19.3. The third-order valence-electron chi connectivity index (χ3n) is 7.18. The lowest BCUT2D eigenvalue weighted by Gasteiger charge is -2.19. The minimum Gasteiger partial charge on any atom is -0.497 e. The first-order valence-electron chi connectivity index (χ1n) is 13.1. The molecule has 0 bridgehead atoms. The van der Waals surface area contributed by atoms with Gasteiger partial charge in [-0.3, -0.25) is 9.69 Å². The van der Waals surface area contributed by atoms with Crippen LogP contribution >= 0.6 is 0 Å². The molecule has 0 amide bonds. The highest BCUT2D eigenvalue weighted by atomic mass is 19.1. The molecule has 0 aromatic heterocycles. The van der Waals surface area contributed by atoms with Crippen LogP contribution in [0, 0.1) is 11.6 Å². The van der Waals surface area contributed by atoms with Gasteiger partial charge in [0.15, 0.2) is 5.78 Å². The summed E-state index contributed by atoms with van der Waals surface area (Å²) in [5, 5.41) is 1.33. The number of fused-ring (bicyclic) bond motifs is 1. The van der Waals surface area contributed by atoms with Crippen LogP contribution in [0.25, 0.3) is 21.9 Å². The van der Waals surface area contributed by atoms with E-state index < -0.39 is 11.6 Å². The van der Waals surface area contributed by atoms with Crippen molar-refractivity contribution in [3.05, 3.63) is 95.6 Å². The van der Waals surface area contributed by atoms with E-state index in [1.54, 1.807) is 61.7 Å². The first-order valence-corrected chi connectivity index (χ1v) is 13.1. The highest BCUT2D eigenvalue weighted by Gasteiger charge is 2.23. The first-order chi connectivity index (χ1) is 18.5. The van der Waals surface area contributed by atoms with Gasteiger partial charge in [0.05, 0.1) is 12.7 Å². The van der Waals surface area contributed by atoms with E-state index in [0.29, 0.717) is 29.1 Å². The molecule has 0 aliphatic carbocycles. The zero-order valence-corrected chi connectivity index (χ0v) is 21.5. The third-order valence-corrected chi connectivity index (χ3v) is 7.18. The number of hydrogen-bond acceptors (Lipinski definition) is 4. The Kier molecular flexibility index (Phi) is 7.99. The molecule has 1 fully saturated rings. The first kappa shape index (κ1) is 25.9. The summed E-state index contributed by atoms with van der Waals surface area (Å²) in [7, 11) is 1.56. The van der Waals surface area contributed by atoms with Crippen LogP contribution < -0.4 is 9.47 Å². The van der Waals surface area contributed by atoms with E-state index >= 15 is 0 Å². The van der Waals surface area contributed by atoms with Gasteiger partial charge in [0.2, 0.25) is 0 Å². The average Bonchev–Trinajstić information content (AvgIpc) is 3.21. The van der Waals surface area contributed by atoms with Crippen molar-refractivity contribution in [1.82, 2.24) is 4.90 Å². The lowest BCUT2D eigenvalue weighted by atomic mass is 9.89. The fraction of sp³-hybridized carbons (Fsp3) is 0.281. The highest BCUT2D eigenvalue weighted by molar-refractivity contribution is 6.20. The van der Waals surface area contributed by atoms with Crippen molar-refractivity contribution in [3.8, 4) is 22.6 Å². The Hall–Kier alpha value is -3.77. The number of hydrogen-bond donors (Lipinski definition) is 0. The van der Waals surface area contributed by atoms with E-state index in [1.807, 2.05) is 0 Å². The third kappa shape index (κ3) is 5.55. The predicted molar refractivity (Wildman–Crippen MR) is 146 cm³/mol. The van der Waals surface area contributed by atoms with Crippen molar-refractivity contribution in [2.24, 2.45) is 0 Å². The summed E-state index contributed by atoms with van der Waals surface area (Å²) < 4.78 is 40.9. The molecule has 0 saturated carbocycles. The maximum atomic E-state index is 14.8. The van der Waals surface area contributed by atoms with Gasteiger partial charge in [-0.05, 0) is 96.9 Å². The van der Waals surface area contributed by atoms with Gasteiger partial charge >= 0.3 is 0 Å². The monoisotopic (exact) mass is 515 g/mol. The van der Waals surface area contributed by atoms with Crippen molar-refractivity contribution in [2.45, 2.75) is 25.7 Å². The molecular formula is C32H31F2NO3. The molecule has 4 aromatic rings. The molecule has 0 spiro atoms. The summed E-state index contributed by atoms with van der Waals surface area (Å²) in [6.45, 7) is 3.67. The zero-order valence-electron chi connectivity index (χ0n) is 21.5. The molecule has 0 radical (unpaired) electrons. The summed E-state index contributed by atoms with van der Waals surface area (Å²) in [6.07, 6.45) is 5.05. The van der Waals surface area contributed by atoms with Crippen molar-refractivity contribution in [2.75, 3.05) is 33.4 Å². The van der Waals surface area contributed by atoms with E-state index in [4.69, 9.17) is 9.47 Å². The van der Waals surface area contributed by atoms with Crippen LogP contribution in [0.4, 0.5) is 8.78 Å². The molecule has 1 aliphatic rings. The fourth-order valence-electron chi connectivity index (χ4n) is 5.14. The number of carbonyl (C=O) groups is 1. The lowest BCUT2D eigenvalue weighted by molar-refractivity contribution is 0.104. The van der Waals surface area contributed by atoms with Crippen LogP contribution in [-0.4, -0.2) is 44.0 Å². The molecule has 0 N–H and O–H groups in total. The second-order valence-corrected chi connectivity index (χ2v) is 9.63. The van der Waals surface area contributed by atoms with Crippen molar-refractivity contribution >= 4 is 16.6 Å². The Labute approximate surface area is 221 Å². The predicted octanol–water partition coefficient (Wildman–Crippen LogP) is 7.28. The molecule has 4 aromatic carbocycles. The minimum absolute atomic E-state index is 0.209. The van der Waals surface area contributed by atoms with Crippen molar-refractivity contribution < 1.29 is 23.0 Å². The Bertz CT molecular complexity index is 1410. The van der Waals surface area contributed by atoms with Crippen LogP contribution in [0.3, 0.4) is 0 Å². The van der Waals surface area contributed by atoms with Gasteiger partial charge in [0.25, 0.3) is 0 Å². The molecule has 0 unspecified atom stereocenters. The van der Waals surface area contributed by atoms with Gasteiger partial charge in [0.1, 0.15) is 29.7 Å². The molecule has 0 atom stereocenters. The molecule has 1 heterocycles. The van der Waals surface area contributed by atoms with E-state index in [9.17, 15) is 13.6 Å². The van der Waals surface area contributed by atoms with Gasteiger partial charge in [0, 0.05) is 17.7 Å². The number of rotatable bonds is 8. The van der Waals surface area contributed by atoms with Crippen LogP contribution in [0.1, 0.15) is 41.6 Å². The fourth-order valence-corrected chi connectivity index (χ4v) is 5.14. The summed E-state index contributed by atoms with van der Waals surface area (Å²) in [4.78, 5) is 16.3. The Morgan fingerprint density at radius 3 is 2.21 bits per heavy atom. The number of ether oxygens (including phenoxy) is 2. The van der Waals surface area contributed by atoms with E-state index in [0.717, 1.165) is 25.0 Å². The smallest absolute Gasteiger partial charge is 0.194 e. The molecular weight excluding hydrogens is 484 g/mol. The van der Waals surface area contributed by atoms with Gasteiger partial charge in [-0.2, -0.15) is 0 Å². The standard InChI is InChI=1S/C32H31F2NO3/c1-37-25-14-16-26-23(21-25)11-15-27(31-28(33)7-6-8-29(31)34)30(26)32(36)22-9-12-24(13-10-22)38-20-19-35-17-4-2-3-5-18-35/h6-16,21H,2-5,17-20H2,1H3. The Morgan fingerprint density at radius 2 is 1.53 bits per heavy atom. The number of carbonyl (C=O) groups excluding carboxylic acids is 1. The maximum Gasteiger partial charge on any atom is 0.194 e. The Morgan fingerprint density at radius 1 is 0.842 bits per heavy atom. The van der Waals surface area contributed by atoms with Crippen LogP contribution in [0.15, 0.2) is 72.8 Å². The quantitative estimate of drug-likeness (QED) is 0.231. The number of nitrogens with zero attached hydrogens (tertiary/aromatic N) is 1. The number of ketones is 1. The number of methoxy groups -OCH3 is 1. The lowest BCUT2D eigenvalue weighted by Crippen LogP contribution is -2.29. The zero-order chi connectivity index (χ0) is 26.5. The van der Waals surface area contributed by atoms with Crippen LogP contribution in [-0.2, 0) is 0 Å². The molecule has 6 heteroatoms. The number of benzene rings is 4. The summed E-state index contributed by atoms with van der Waals surface area (Å²) in [5.41, 5.74) is 0.637. The molecule has 196 valence electrons. The normalized spacial score (nSPS) is 14.3. The van der Waals surface area contributed by atoms with Crippen molar-refractivity contribution in [1.29, 1.82) is 0 Å². The average molecular weight is 516 g/mol. The number of likely N-dealkylation sites (tertiary alicyclic amines) is 1. The van der Waals surface area contributed by atoms with Crippen LogP contribution in [0.5, 0.6) is 11.5 Å². The maximum absolute atomic E-state index is 14.8. The number of halogens is 2. The minimum atomic E-state index is -0.722. The van der Waals surface area contributed by atoms with Gasteiger partial charge in [-0.15, -0.1) is 0 Å². The van der Waals surface area contributed by atoms with Gasteiger partial charge in [-0.1, -0.05) is 31.0 Å². The molecule has 38 heavy (non-hydrogen) atoms. The molecule has 5 rings (SSSR count). The summed E-state index contributed by atoms with van der Waals surface area (Å²) >= 11 is 0. The van der Waals surface area contributed by atoms with E-state index in [2.05, 4.69) is 4.90 Å². The molecule has 1 aliphatic heterocycles. The topological polar surface area (TPSA) is 38.8 Å². The second-order valence-electron chi connectivity index (χ2n) is 9.63. The largest absolute Gasteiger partial charge is 0.497 e.